The van der Waals surface area contributed by atoms with Crippen LogP contribution in [0.4, 0.5) is 4.79 Å². The summed E-state index contributed by atoms with van der Waals surface area (Å²) < 4.78 is 11.8. The minimum atomic E-state index is -1.16. The number of aryl methyl sites for hydroxylation is 1. The highest BCUT2D eigenvalue weighted by Crippen LogP contribution is 2.49. The Balaban J connectivity index is 1.22. The molecule has 3 heterocycles. The molecule has 2 atom stereocenters. The Morgan fingerprint density at radius 2 is 1.90 bits per heavy atom. The van der Waals surface area contributed by atoms with Crippen molar-refractivity contribution in [2.24, 2.45) is 5.73 Å². The van der Waals surface area contributed by atoms with Crippen LogP contribution in [0.25, 0.3) is 10.2 Å². The number of aliphatic hydroxyl groups is 1. The molecule has 1 aliphatic heterocycles. The van der Waals surface area contributed by atoms with Gasteiger partial charge < -0.3 is 25.2 Å². The standard InChI is InChI=1S/C27H38IN5O5S/c1-26(2,3)38-25(36)33-12-10-32(11-13-33)17-6-8-27(28,9-7-17)37-23-21-20-16(14-18(34)22(29)35)4-5-19(20)39-24(21)31-15-30-23/h15-18,34H,4-14H2,1-3H3,(H2,29,35)/t16-,17?,18-,27?/m1/s1. The number of hydrogen-bond donors (Lipinski definition) is 2. The molecule has 3 aliphatic rings. The molecule has 39 heavy (non-hydrogen) atoms. The lowest BCUT2D eigenvalue weighted by Crippen LogP contribution is -2.54. The smallest absolute Gasteiger partial charge is 0.410 e. The Kier molecular flexibility index (Phi) is 8.29. The van der Waals surface area contributed by atoms with E-state index in [1.807, 2.05) is 25.7 Å². The molecule has 1 saturated carbocycles. The zero-order chi connectivity index (χ0) is 27.9. The van der Waals surface area contributed by atoms with Crippen LogP contribution in [0.15, 0.2) is 6.33 Å². The third kappa shape index (κ3) is 6.43. The Bertz CT molecular complexity index is 1220. The largest absolute Gasteiger partial charge is 0.460 e. The van der Waals surface area contributed by atoms with Crippen molar-refractivity contribution < 1.29 is 24.2 Å². The van der Waals surface area contributed by atoms with Crippen LogP contribution in [0.5, 0.6) is 5.88 Å². The molecule has 2 aliphatic carbocycles. The third-order valence-corrected chi connectivity index (χ3v) is 10.5. The van der Waals surface area contributed by atoms with Crippen LogP contribution in [0.2, 0.25) is 0 Å². The summed E-state index contributed by atoms with van der Waals surface area (Å²) in [6.07, 6.45) is 6.05. The van der Waals surface area contributed by atoms with Crippen LogP contribution in [0.1, 0.15) is 75.7 Å². The van der Waals surface area contributed by atoms with Gasteiger partial charge in [0, 0.05) is 37.1 Å². The number of aromatic nitrogens is 2. The zero-order valence-corrected chi connectivity index (χ0v) is 25.8. The molecule has 2 aromatic rings. The van der Waals surface area contributed by atoms with Crippen LogP contribution in [-0.2, 0) is 16.0 Å². The first-order valence-corrected chi connectivity index (χ1v) is 15.7. The van der Waals surface area contributed by atoms with Gasteiger partial charge in [-0.25, -0.2) is 14.8 Å². The molecule has 0 radical (unpaired) electrons. The fourth-order valence-corrected chi connectivity index (χ4v) is 8.07. The highest BCUT2D eigenvalue weighted by Gasteiger charge is 2.40. The number of ether oxygens (including phenoxy) is 2. The molecule has 5 rings (SSSR count). The average molecular weight is 672 g/mol. The summed E-state index contributed by atoms with van der Waals surface area (Å²) >= 11 is 4.09. The van der Waals surface area contributed by atoms with Gasteiger partial charge in [-0.3, -0.25) is 9.69 Å². The van der Waals surface area contributed by atoms with Crippen molar-refractivity contribution in [2.45, 2.75) is 93.0 Å². The van der Waals surface area contributed by atoms with Gasteiger partial charge in [0.1, 0.15) is 22.9 Å². The highest BCUT2D eigenvalue weighted by molar-refractivity contribution is 14.1. The van der Waals surface area contributed by atoms with Gasteiger partial charge in [0.05, 0.1) is 5.39 Å². The average Bonchev–Trinajstić information content (AvgIpc) is 3.43. The maximum Gasteiger partial charge on any atom is 0.410 e. The van der Waals surface area contributed by atoms with E-state index in [4.69, 9.17) is 15.2 Å². The molecule has 3 N–H and O–H groups in total. The fourth-order valence-electron chi connectivity index (χ4n) is 6.01. The number of primary amides is 1. The number of nitrogens with zero attached hydrogens (tertiary/aromatic N) is 4. The van der Waals surface area contributed by atoms with Gasteiger partial charge in [-0.05, 0) is 99.8 Å². The quantitative estimate of drug-likeness (QED) is 0.349. The van der Waals surface area contributed by atoms with E-state index in [2.05, 4.69) is 37.5 Å². The summed E-state index contributed by atoms with van der Waals surface area (Å²) in [5, 5.41) is 11.1. The lowest BCUT2D eigenvalue weighted by Gasteiger charge is -2.43. The van der Waals surface area contributed by atoms with E-state index in [9.17, 15) is 14.7 Å². The molecule has 2 aromatic heterocycles. The molecule has 214 valence electrons. The zero-order valence-electron chi connectivity index (χ0n) is 22.8. The first-order chi connectivity index (χ1) is 18.4. The van der Waals surface area contributed by atoms with E-state index in [-0.39, 0.29) is 15.6 Å². The normalized spacial score (nSPS) is 26.8. The number of halogens is 1. The van der Waals surface area contributed by atoms with Crippen LogP contribution < -0.4 is 10.5 Å². The van der Waals surface area contributed by atoms with E-state index in [0.717, 1.165) is 67.4 Å². The van der Waals surface area contributed by atoms with Gasteiger partial charge in [0.25, 0.3) is 0 Å². The third-order valence-electron chi connectivity index (χ3n) is 8.00. The number of rotatable bonds is 6. The topological polar surface area (TPSA) is 131 Å². The number of alkyl halides is 1. The molecule has 2 amide bonds. The number of piperazine rings is 1. The van der Waals surface area contributed by atoms with Crippen molar-refractivity contribution in [1.82, 2.24) is 19.8 Å². The Labute approximate surface area is 246 Å². The second kappa shape index (κ2) is 11.2. The maximum absolute atomic E-state index is 12.4. The van der Waals surface area contributed by atoms with Crippen molar-refractivity contribution in [3.63, 3.8) is 0 Å². The number of carbonyl (C=O) groups is 2. The van der Waals surface area contributed by atoms with Crippen molar-refractivity contribution in [3.8, 4) is 5.88 Å². The van der Waals surface area contributed by atoms with Crippen molar-refractivity contribution in [2.75, 3.05) is 26.2 Å². The molecule has 0 aromatic carbocycles. The van der Waals surface area contributed by atoms with Crippen molar-refractivity contribution in [3.05, 3.63) is 16.8 Å². The number of nitrogens with two attached hydrogens (primary N) is 1. The fraction of sp³-hybridized carbons (Fsp3) is 0.704. The lowest BCUT2D eigenvalue weighted by atomic mass is 9.91. The van der Waals surface area contributed by atoms with Crippen LogP contribution in [-0.4, -0.2) is 84.4 Å². The number of amides is 2. The van der Waals surface area contributed by atoms with E-state index >= 15 is 0 Å². The Hall–Kier alpha value is -1.77. The van der Waals surface area contributed by atoms with E-state index in [1.54, 1.807) is 17.7 Å². The highest BCUT2D eigenvalue weighted by atomic mass is 127. The monoisotopic (exact) mass is 671 g/mol. The molecule has 12 heteroatoms. The van der Waals surface area contributed by atoms with Crippen molar-refractivity contribution >= 4 is 56.1 Å². The van der Waals surface area contributed by atoms with Gasteiger partial charge in [-0.2, -0.15) is 0 Å². The van der Waals surface area contributed by atoms with Gasteiger partial charge in [-0.1, -0.05) is 0 Å². The summed E-state index contributed by atoms with van der Waals surface area (Å²) in [5.41, 5.74) is 5.97. The van der Waals surface area contributed by atoms with Crippen molar-refractivity contribution in [1.29, 1.82) is 0 Å². The summed E-state index contributed by atoms with van der Waals surface area (Å²) in [6, 6.07) is 0.466. The van der Waals surface area contributed by atoms with Crippen LogP contribution >= 0.6 is 33.9 Å². The Morgan fingerprint density at radius 3 is 2.54 bits per heavy atom. The molecule has 2 fully saturated rings. The molecular formula is C27H38IN5O5S. The first-order valence-electron chi connectivity index (χ1n) is 13.8. The molecule has 0 spiro atoms. The van der Waals surface area contributed by atoms with Gasteiger partial charge in [-0.15, -0.1) is 11.3 Å². The van der Waals surface area contributed by atoms with Crippen LogP contribution in [0, 0.1) is 0 Å². The van der Waals surface area contributed by atoms with E-state index in [0.29, 0.717) is 31.4 Å². The molecular weight excluding hydrogens is 633 g/mol. The molecule has 1 saturated heterocycles. The van der Waals surface area contributed by atoms with E-state index in [1.165, 1.54) is 4.88 Å². The number of thiophene rings is 1. The summed E-state index contributed by atoms with van der Waals surface area (Å²) in [5.74, 6) is -0.0634. The lowest BCUT2D eigenvalue weighted by molar-refractivity contribution is -0.126. The number of hydrogen-bond acceptors (Lipinski definition) is 9. The SMILES string of the molecule is CC(C)(C)OC(=O)N1CCN(C2CCC(I)(Oc3ncnc4sc5c(c34)[C@@H](C[C@@H](O)C(N)=O)CC5)CC2)CC1. The molecule has 0 unspecified atom stereocenters. The predicted octanol–water partition coefficient (Wildman–Crippen LogP) is 3.96. The second-order valence-electron chi connectivity index (χ2n) is 11.9. The van der Waals surface area contributed by atoms with Gasteiger partial charge >= 0.3 is 6.09 Å². The molecule has 0 bridgehead atoms. The van der Waals surface area contributed by atoms with Crippen LogP contribution in [0.3, 0.4) is 0 Å². The number of aliphatic hydroxyl groups excluding tert-OH is 1. The Morgan fingerprint density at radius 1 is 1.21 bits per heavy atom. The summed E-state index contributed by atoms with van der Waals surface area (Å²) in [4.78, 5) is 39.4. The predicted molar refractivity (Wildman–Crippen MR) is 157 cm³/mol. The number of fused-ring (bicyclic) bond motifs is 3. The minimum absolute atomic E-state index is 0.0323. The maximum atomic E-state index is 12.4. The number of carbonyl (C=O) groups excluding carboxylic acids is 2. The van der Waals surface area contributed by atoms with Gasteiger partial charge in [0.2, 0.25) is 11.8 Å². The van der Waals surface area contributed by atoms with E-state index < -0.39 is 17.6 Å². The van der Waals surface area contributed by atoms with Gasteiger partial charge in [0.15, 0.2) is 3.61 Å². The molecule has 10 nitrogen and oxygen atoms in total. The first kappa shape index (κ1) is 28.7. The minimum Gasteiger partial charge on any atom is -0.460 e. The summed E-state index contributed by atoms with van der Waals surface area (Å²) in [7, 11) is 0. The summed E-state index contributed by atoms with van der Waals surface area (Å²) in [6.45, 7) is 8.76. The second-order valence-corrected chi connectivity index (χ2v) is 15.0.